The van der Waals surface area contributed by atoms with E-state index in [4.69, 9.17) is 0 Å². The van der Waals surface area contributed by atoms with Crippen molar-refractivity contribution in [1.29, 1.82) is 0 Å². The number of nitrogens with zero attached hydrogens (tertiary/aromatic N) is 2. The highest BCUT2D eigenvalue weighted by Crippen LogP contribution is 2.32. The van der Waals surface area contributed by atoms with Crippen molar-refractivity contribution in [1.82, 2.24) is 5.32 Å². The van der Waals surface area contributed by atoms with Gasteiger partial charge in [0, 0.05) is 31.7 Å². The number of hydrogen-bond donors (Lipinski definition) is 1. The molecular weight excluding hydrogens is 218 g/mol. The molecule has 0 saturated carbocycles. The Bertz CT molecular complexity index is 434. The standard InChI is InChI=1S/C12H17N3O2/c1-9-4-3-5-11(15(16)17)12(9)14-7-6-13-10(2)8-14/h3-5,10,13H,6-8H2,1-2H3/t10-/m1/s1. The first-order valence-corrected chi connectivity index (χ1v) is 5.82. The van der Waals surface area contributed by atoms with Crippen molar-refractivity contribution in [3.63, 3.8) is 0 Å². The highest BCUT2D eigenvalue weighted by atomic mass is 16.6. The van der Waals surface area contributed by atoms with Crippen molar-refractivity contribution in [2.75, 3.05) is 24.5 Å². The second-order valence-electron chi connectivity index (χ2n) is 4.50. The first-order valence-electron chi connectivity index (χ1n) is 5.82. The summed E-state index contributed by atoms with van der Waals surface area (Å²) < 4.78 is 0. The number of anilines is 1. The van der Waals surface area contributed by atoms with Crippen LogP contribution >= 0.6 is 0 Å². The number of piperazine rings is 1. The van der Waals surface area contributed by atoms with Crippen LogP contribution in [0, 0.1) is 17.0 Å². The number of para-hydroxylation sites is 1. The van der Waals surface area contributed by atoms with Crippen molar-refractivity contribution in [2.24, 2.45) is 0 Å². The van der Waals surface area contributed by atoms with Gasteiger partial charge in [0.15, 0.2) is 0 Å². The zero-order chi connectivity index (χ0) is 12.4. The summed E-state index contributed by atoms with van der Waals surface area (Å²) in [6, 6.07) is 5.61. The average molecular weight is 235 g/mol. The summed E-state index contributed by atoms with van der Waals surface area (Å²) >= 11 is 0. The third-order valence-corrected chi connectivity index (χ3v) is 3.10. The Morgan fingerprint density at radius 3 is 2.94 bits per heavy atom. The van der Waals surface area contributed by atoms with Gasteiger partial charge in [0.2, 0.25) is 0 Å². The van der Waals surface area contributed by atoms with Gasteiger partial charge in [-0.05, 0) is 19.4 Å². The van der Waals surface area contributed by atoms with Crippen LogP contribution < -0.4 is 10.2 Å². The molecule has 1 N–H and O–H groups in total. The molecule has 0 aromatic heterocycles. The Hall–Kier alpha value is -1.62. The third-order valence-electron chi connectivity index (χ3n) is 3.10. The minimum Gasteiger partial charge on any atom is -0.363 e. The number of nitro benzene ring substituents is 1. The molecule has 17 heavy (non-hydrogen) atoms. The fourth-order valence-electron chi connectivity index (χ4n) is 2.34. The molecule has 5 nitrogen and oxygen atoms in total. The number of aryl methyl sites for hydroxylation is 1. The van der Waals surface area contributed by atoms with Gasteiger partial charge in [-0.3, -0.25) is 10.1 Å². The monoisotopic (exact) mass is 235 g/mol. The Kier molecular flexibility index (Phi) is 3.28. The molecule has 0 bridgehead atoms. The first-order chi connectivity index (χ1) is 8.09. The van der Waals surface area contributed by atoms with E-state index < -0.39 is 0 Å². The van der Waals surface area contributed by atoms with Crippen LogP contribution in [0.5, 0.6) is 0 Å². The molecule has 1 heterocycles. The third kappa shape index (κ3) is 2.39. The lowest BCUT2D eigenvalue weighted by atomic mass is 10.1. The molecule has 1 fully saturated rings. The summed E-state index contributed by atoms with van der Waals surface area (Å²) in [6.07, 6.45) is 0. The molecule has 1 saturated heterocycles. The van der Waals surface area contributed by atoms with Crippen LogP contribution in [0.4, 0.5) is 11.4 Å². The van der Waals surface area contributed by atoms with Crippen LogP contribution in [0.2, 0.25) is 0 Å². The summed E-state index contributed by atoms with van der Waals surface area (Å²) in [7, 11) is 0. The number of hydrogen-bond acceptors (Lipinski definition) is 4. The lowest BCUT2D eigenvalue weighted by Crippen LogP contribution is -2.49. The number of nitrogens with one attached hydrogen (secondary N) is 1. The van der Waals surface area contributed by atoms with E-state index in [0.717, 1.165) is 30.9 Å². The molecular formula is C12H17N3O2. The Morgan fingerprint density at radius 1 is 1.53 bits per heavy atom. The molecule has 0 unspecified atom stereocenters. The maximum Gasteiger partial charge on any atom is 0.292 e. The van der Waals surface area contributed by atoms with Gasteiger partial charge in [0.1, 0.15) is 5.69 Å². The lowest BCUT2D eigenvalue weighted by molar-refractivity contribution is -0.384. The number of rotatable bonds is 2. The molecule has 2 rings (SSSR count). The van der Waals surface area contributed by atoms with Crippen LogP contribution in [0.1, 0.15) is 12.5 Å². The van der Waals surface area contributed by atoms with E-state index in [1.54, 1.807) is 12.1 Å². The maximum absolute atomic E-state index is 11.1. The quantitative estimate of drug-likeness (QED) is 0.626. The normalized spacial score (nSPS) is 20.4. The molecule has 5 heteroatoms. The smallest absolute Gasteiger partial charge is 0.292 e. The number of nitro groups is 1. The fraction of sp³-hybridized carbons (Fsp3) is 0.500. The largest absolute Gasteiger partial charge is 0.363 e. The zero-order valence-corrected chi connectivity index (χ0v) is 10.1. The predicted molar refractivity (Wildman–Crippen MR) is 67.5 cm³/mol. The molecule has 1 aromatic carbocycles. The lowest BCUT2D eigenvalue weighted by Gasteiger charge is -2.34. The molecule has 0 spiro atoms. The fourth-order valence-corrected chi connectivity index (χ4v) is 2.34. The highest BCUT2D eigenvalue weighted by Gasteiger charge is 2.24. The van der Waals surface area contributed by atoms with Crippen LogP contribution in [0.25, 0.3) is 0 Å². The average Bonchev–Trinajstić information content (AvgIpc) is 2.28. The van der Waals surface area contributed by atoms with E-state index in [0.29, 0.717) is 6.04 Å². The van der Waals surface area contributed by atoms with Crippen LogP contribution in [-0.2, 0) is 0 Å². The van der Waals surface area contributed by atoms with Crippen LogP contribution in [-0.4, -0.2) is 30.6 Å². The molecule has 1 atom stereocenters. The van der Waals surface area contributed by atoms with E-state index in [9.17, 15) is 10.1 Å². The highest BCUT2D eigenvalue weighted by molar-refractivity contribution is 5.68. The Morgan fingerprint density at radius 2 is 2.29 bits per heavy atom. The maximum atomic E-state index is 11.1. The number of benzene rings is 1. The van der Waals surface area contributed by atoms with Gasteiger partial charge in [-0.15, -0.1) is 0 Å². The van der Waals surface area contributed by atoms with Crippen molar-refractivity contribution in [3.8, 4) is 0 Å². The van der Waals surface area contributed by atoms with Gasteiger partial charge in [-0.2, -0.15) is 0 Å². The van der Waals surface area contributed by atoms with Crippen molar-refractivity contribution in [3.05, 3.63) is 33.9 Å². The minimum atomic E-state index is -0.297. The Labute approximate surface area is 101 Å². The minimum absolute atomic E-state index is 0.208. The summed E-state index contributed by atoms with van der Waals surface area (Å²) in [4.78, 5) is 12.9. The van der Waals surface area contributed by atoms with Crippen molar-refractivity contribution in [2.45, 2.75) is 19.9 Å². The SMILES string of the molecule is Cc1cccc([N+](=O)[O-])c1N1CCN[C@H](C)C1. The molecule has 1 aliphatic rings. The molecule has 92 valence electrons. The molecule has 0 amide bonds. The van der Waals surface area contributed by atoms with E-state index in [1.165, 1.54) is 0 Å². The van der Waals surface area contributed by atoms with Crippen LogP contribution in [0.15, 0.2) is 18.2 Å². The Balaban J connectivity index is 2.39. The van der Waals surface area contributed by atoms with E-state index >= 15 is 0 Å². The van der Waals surface area contributed by atoms with Gasteiger partial charge < -0.3 is 10.2 Å². The molecule has 0 aliphatic carbocycles. The van der Waals surface area contributed by atoms with E-state index in [-0.39, 0.29) is 10.6 Å². The second-order valence-corrected chi connectivity index (χ2v) is 4.50. The van der Waals surface area contributed by atoms with E-state index in [1.807, 2.05) is 13.0 Å². The van der Waals surface area contributed by atoms with Gasteiger partial charge in [0.05, 0.1) is 4.92 Å². The molecule has 1 aliphatic heterocycles. The van der Waals surface area contributed by atoms with Gasteiger partial charge in [-0.25, -0.2) is 0 Å². The molecule has 1 aromatic rings. The first kappa shape index (κ1) is 11.9. The van der Waals surface area contributed by atoms with Crippen molar-refractivity contribution >= 4 is 11.4 Å². The van der Waals surface area contributed by atoms with E-state index in [2.05, 4.69) is 17.1 Å². The summed E-state index contributed by atoms with van der Waals surface area (Å²) in [5, 5.41) is 14.4. The molecule has 0 radical (unpaired) electrons. The summed E-state index contributed by atoms with van der Waals surface area (Å²) in [6.45, 7) is 6.51. The summed E-state index contributed by atoms with van der Waals surface area (Å²) in [5.41, 5.74) is 1.94. The van der Waals surface area contributed by atoms with Gasteiger partial charge in [-0.1, -0.05) is 12.1 Å². The topological polar surface area (TPSA) is 58.4 Å². The van der Waals surface area contributed by atoms with Crippen LogP contribution in [0.3, 0.4) is 0 Å². The summed E-state index contributed by atoms with van der Waals surface area (Å²) in [5.74, 6) is 0. The van der Waals surface area contributed by atoms with Crippen molar-refractivity contribution < 1.29 is 4.92 Å². The van der Waals surface area contributed by atoms with Gasteiger partial charge in [0.25, 0.3) is 5.69 Å². The van der Waals surface area contributed by atoms with Gasteiger partial charge >= 0.3 is 0 Å². The predicted octanol–water partition coefficient (Wildman–Crippen LogP) is 1.70. The zero-order valence-electron chi connectivity index (χ0n) is 10.1. The second kappa shape index (κ2) is 4.71.